The number of methoxy groups -OCH3 is 3. The predicted molar refractivity (Wildman–Crippen MR) is 187 cm³/mol. The van der Waals surface area contributed by atoms with Crippen LogP contribution in [0.3, 0.4) is 0 Å². The van der Waals surface area contributed by atoms with Crippen LogP contribution in [0.2, 0.25) is 15.1 Å². The van der Waals surface area contributed by atoms with E-state index in [1.54, 1.807) is 12.1 Å². The lowest BCUT2D eigenvalue weighted by Crippen LogP contribution is -2.53. The lowest BCUT2D eigenvalue weighted by atomic mass is 10.0. The Hall–Kier alpha value is -4.16. The summed E-state index contributed by atoms with van der Waals surface area (Å²) in [5, 5.41) is 3.48. The van der Waals surface area contributed by atoms with Crippen LogP contribution in [0, 0.1) is 0 Å². The molecule has 0 unspecified atom stereocenters. The number of carbonyl (C=O) groups is 2. The van der Waals surface area contributed by atoms with Gasteiger partial charge in [-0.1, -0.05) is 71.2 Å². The quantitative estimate of drug-likeness (QED) is 0.163. The molecule has 254 valence electrons. The molecule has 1 N–H and O–H groups in total. The largest absolute Gasteiger partial charge is 0.495 e. The van der Waals surface area contributed by atoms with Gasteiger partial charge in [-0.2, -0.15) is 0 Å². The molecule has 4 aromatic rings. The molecule has 48 heavy (non-hydrogen) atoms. The third-order valence-corrected chi connectivity index (χ3v) is 10.1. The van der Waals surface area contributed by atoms with Crippen molar-refractivity contribution < 1.29 is 32.2 Å². The normalized spacial score (nSPS) is 11.7. The van der Waals surface area contributed by atoms with E-state index in [2.05, 4.69) is 5.32 Å². The Balaban J connectivity index is 1.88. The van der Waals surface area contributed by atoms with E-state index in [4.69, 9.17) is 49.0 Å². The average Bonchev–Trinajstić information content (AvgIpc) is 3.09. The van der Waals surface area contributed by atoms with E-state index in [0.717, 1.165) is 9.87 Å². The van der Waals surface area contributed by atoms with Gasteiger partial charge in [-0.25, -0.2) is 8.42 Å². The number of sulfonamides is 1. The molecule has 1 atom stereocenters. The molecule has 14 heteroatoms. The summed E-state index contributed by atoms with van der Waals surface area (Å²) in [7, 11) is 1.11. The smallest absolute Gasteiger partial charge is 0.265 e. The second-order valence-electron chi connectivity index (χ2n) is 10.4. The van der Waals surface area contributed by atoms with E-state index in [1.807, 2.05) is 30.3 Å². The fraction of sp³-hybridized carbons (Fsp3) is 0.235. The highest BCUT2D eigenvalue weighted by molar-refractivity contribution is 7.92. The van der Waals surface area contributed by atoms with Crippen LogP contribution in [0.25, 0.3) is 0 Å². The summed E-state index contributed by atoms with van der Waals surface area (Å²) >= 11 is 19.0. The van der Waals surface area contributed by atoms with Gasteiger partial charge in [-0.15, -0.1) is 0 Å². The highest BCUT2D eigenvalue weighted by Gasteiger charge is 2.36. The van der Waals surface area contributed by atoms with Gasteiger partial charge >= 0.3 is 0 Å². The van der Waals surface area contributed by atoms with Crippen LogP contribution in [-0.2, 0) is 32.6 Å². The first kappa shape index (κ1) is 36.7. The Labute approximate surface area is 295 Å². The molecule has 0 saturated heterocycles. The first-order valence-corrected chi connectivity index (χ1v) is 17.1. The van der Waals surface area contributed by atoms with Crippen molar-refractivity contribution in [2.45, 2.75) is 23.9 Å². The fourth-order valence-electron chi connectivity index (χ4n) is 5.03. The van der Waals surface area contributed by atoms with E-state index in [9.17, 15) is 18.0 Å². The van der Waals surface area contributed by atoms with Crippen LogP contribution in [0.5, 0.6) is 17.2 Å². The number of benzene rings is 4. The minimum absolute atomic E-state index is 0.00263. The Morgan fingerprint density at radius 1 is 0.792 bits per heavy atom. The monoisotopic (exact) mass is 733 g/mol. The summed E-state index contributed by atoms with van der Waals surface area (Å²) in [6.45, 7) is -0.891. The fourth-order valence-corrected chi connectivity index (χ4v) is 7.10. The Morgan fingerprint density at radius 2 is 1.42 bits per heavy atom. The van der Waals surface area contributed by atoms with Crippen LogP contribution in [0.15, 0.2) is 89.8 Å². The third kappa shape index (κ3) is 8.46. The second-order valence-corrected chi connectivity index (χ2v) is 13.6. The van der Waals surface area contributed by atoms with Crippen molar-refractivity contribution in [2.24, 2.45) is 0 Å². The molecule has 0 bridgehead atoms. The number of hydrogen-bond donors (Lipinski definition) is 1. The van der Waals surface area contributed by atoms with Crippen molar-refractivity contribution in [2.75, 3.05) is 39.2 Å². The molecule has 0 saturated carbocycles. The van der Waals surface area contributed by atoms with E-state index < -0.39 is 34.4 Å². The highest BCUT2D eigenvalue weighted by Crippen LogP contribution is 2.37. The number of carbonyl (C=O) groups excluding carboxylic acids is 2. The van der Waals surface area contributed by atoms with Gasteiger partial charge in [0.15, 0.2) is 11.5 Å². The van der Waals surface area contributed by atoms with Crippen LogP contribution in [0.4, 0.5) is 5.69 Å². The van der Waals surface area contributed by atoms with Gasteiger partial charge < -0.3 is 24.4 Å². The zero-order valence-electron chi connectivity index (χ0n) is 26.6. The van der Waals surface area contributed by atoms with Gasteiger partial charge in [0.05, 0.1) is 31.9 Å². The van der Waals surface area contributed by atoms with Gasteiger partial charge in [0.1, 0.15) is 18.3 Å². The molecule has 0 aromatic heterocycles. The molecule has 0 radical (unpaired) electrons. The van der Waals surface area contributed by atoms with Gasteiger partial charge in [0.2, 0.25) is 11.8 Å². The van der Waals surface area contributed by atoms with Gasteiger partial charge in [0, 0.05) is 41.1 Å². The van der Waals surface area contributed by atoms with Crippen LogP contribution in [0.1, 0.15) is 11.1 Å². The highest BCUT2D eigenvalue weighted by atomic mass is 35.5. The Morgan fingerprint density at radius 3 is 2.04 bits per heavy atom. The second kappa shape index (κ2) is 16.3. The number of rotatable bonds is 14. The minimum Gasteiger partial charge on any atom is -0.495 e. The van der Waals surface area contributed by atoms with E-state index in [1.165, 1.54) is 75.7 Å². The van der Waals surface area contributed by atoms with Crippen molar-refractivity contribution in [1.29, 1.82) is 0 Å². The third-order valence-electron chi connectivity index (χ3n) is 7.50. The Bertz CT molecular complexity index is 1880. The van der Waals surface area contributed by atoms with E-state index >= 15 is 0 Å². The van der Waals surface area contributed by atoms with Crippen LogP contribution in [-0.4, -0.2) is 66.1 Å². The van der Waals surface area contributed by atoms with E-state index in [-0.39, 0.29) is 45.1 Å². The zero-order chi connectivity index (χ0) is 35.0. The molecule has 10 nitrogen and oxygen atoms in total. The number of anilines is 1. The summed E-state index contributed by atoms with van der Waals surface area (Å²) in [6, 6.07) is 21.3. The number of hydrogen-bond acceptors (Lipinski definition) is 7. The molecule has 0 aliphatic rings. The molecule has 0 fully saturated rings. The van der Waals surface area contributed by atoms with Crippen molar-refractivity contribution >= 4 is 62.3 Å². The Kier molecular flexibility index (Phi) is 12.4. The summed E-state index contributed by atoms with van der Waals surface area (Å²) in [5.74, 6) is -0.580. The van der Waals surface area contributed by atoms with Crippen molar-refractivity contribution in [3.8, 4) is 17.2 Å². The van der Waals surface area contributed by atoms with Crippen molar-refractivity contribution in [3.63, 3.8) is 0 Å². The standard InChI is InChI=1S/C34H34Cl3N3O7S/c1-38-34(42)29(16-22-8-6-5-7-9-22)39(20-23-10-11-24(35)17-27(23)37)33(41)21-40(28-18-25(36)12-14-30(28)45-2)48(43,44)26-13-15-31(46-3)32(19-26)47-4/h5-15,17-19,29H,16,20-21H2,1-4H3,(H,38,42)/t29-/m1/s1. The number of ether oxygens (including phenoxy) is 3. The predicted octanol–water partition coefficient (Wildman–Crippen LogP) is 6.25. The van der Waals surface area contributed by atoms with Crippen molar-refractivity contribution in [1.82, 2.24) is 10.2 Å². The van der Waals surface area contributed by atoms with Crippen molar-refractivity contribution in [3.05, 3.63) is 111 Å². The maximum Gasteiger partial charge on any atom is 0.265 e. The molecule has 4 aromatic carbocycles. The molecular formula is C34H34Cl3N3O7S. The number of amides is 2. The lowest BCUT2D eigenvalue weighted by molar-refractivity contribution is -0.139. The molecule has 0 heterocycles. The summed E-state index contributed by atoms with van der Waals surface area (Å²) in [4.78, 5) is 29.2. The number of halogens is 3. The summed E-state index contributed by atoms with van der Waals surface area (Å²) in [6.07, 6.45) is 0.125. The lowest BCUT2D eigenvalue weighted by Gasteiger charge is -2.34. The van der Waals surface area contributed by atoms with Crippen LogP contribution >= 0.6 is 34.8 Å². The van der Waals surface area contributed by atoms with Crippen LogP contribution < -0.4 is 23.8 Å². The van der Waals surface area contributed by atoms with Gasteiger partial charge in [-0.05, 0) is 53.6 Å². The topological polar surface area (TPSA) is 114 Å². The first-order chi connectivity index (χ1) is 22.9. The SMILES string of the molecule is CNC(=O)[C@@H](Cc1ccccc1)N(Cc1ccc(Cl)cc1Cl)C(=O)CN(c1cc(Cl)ccc1OC)S(=O)(=O)c1ccc(OC)c(OC)c1. The van der Waals surface area contributed by atoms with Gasteiger partial charge in [0.25, 0.3) is 10.0 Å². The molecule has 0 aliphatic carbocycles. The average molecular weight is 735 g/mol. The minimum atomic E-state index is -4.52. The maximum atomic E-state index is 14.6. The number of likely N-dealkylation sites (N-methyl/N-ethyl adjacent to an activating group) is 1. The zero-order valence-corrected chi connectivity index (χ0v) is 29.7. The number of nitrogens with zero attached hydrogens (tertiary/aromatic N) is 2. The molecule has 0 spiro atoms. The number of nitrogens with one attached hydrogen (secondary N) is 1. The molecule has 2 amide bonds. The summed E-state index contributed by atoms with van der Waals surface area (Å²) < 4.78 is 46.0. The first-order valence-electron chi connectivity index (χ1n) is 14.5. The molecule has 0 aliphatic heterocycles. The molecule has 4 rings (SSSR count). The molecular weight excluding hydrogens is 701 g/mol. The summed E-state index contributed by atoms with van der Waals surface area (Å²) in [5.41, 5.74) is 1.26. The van der Waals surface area contributed by atoms with Gasteiger partial charge in [-0.3, -0.25) is 13.9 Å². The van der Waals surface area contributed by atoms with E-state index in [0.29, 0.717) is 16.3 Å². The maximum absolute atomic E-state index is 14.6.